The van der Waals surface area contributed by atoms with Crippen LogP contribution in [0.4, 0.5) is 0 Å². The molecule has 0 aliphatic carbocycles. The first-order valence-electron chi connectivity index (χ1n) is 9.62. The maximum Gasteiger partial charge on any atom is 0.231 e. The van der Waals surface area contributed by atoms with E-state index in [1.165, 1.54) is 15.3 Å². The summed E-state index contributed by atoms with van der Waals surface area (Å²) in [5, 5.41) is 7.41. The van der Waals surface area contributed by atoms with Gasteiger partial charge in [-0.3, -0.25) is 9.69 Å². The van der Waals surface area contributed by atoms with Crippen molar-refractivity contribution in [2.24, 2.45) is 5.41 Å². The number of carbonyl (C=O) groups excluding carboxylic acids is 1. The minimum absolute atomic E-state index is 0.202. The highest BCUT2D eigenvalue weighted by Crippen LogP contribution is 2.51. The Kier molecular flexibility index (Phi) is 4.87. The van der Waals surface area contributed by atoms with Crippen LogP contribution < -0.4 is 0 Å². The van der Waals surface area contributed by atoms with E-state index in [-0.39, 0.29) is 11.3 Å². The molecule has 2 aliphatic rings. The zero-order chi connectivity index (χ0) is 19.1. The maximum atomic E-state index is 13.7. The fourth-order valence-corrected chi connectivity index (χ4v) is 7.20. The van der Waals surface area contributed by atoms with Crippen LogP contribution in [0.3, 0.4) is 0 Å². The van der Waals surface area contributed by atoms with Crippen molar-refractivity contribution < 1.29 is 4.79 Å². The number of aromatic nitrogens is 1. The third-order valence-electron chi connectivity index (χ3n) is 6.17. The van der Waals surface area contributed by atoms with Gasteiger partial charge in [-0.15, -0.1) is 34.0 Å². The predicted molar refractivity (Wildman–Crippen MR) is 116 cm³/mol. The highest BCUT2D eigenvalue weighted by atomic mass is 32.1. The number of rotatable bonds is 5. The van der Waals surface area contributed by atoms with Gasteiger partial charge in [-0.05, 0) is 41.8 Å². The van der Waals surface area contributed by atoms with Crippen molar-refractivity contribution in [1.29, 1.82) is 0 Å². The number of likely N-dealkylation sites (tertiary alicyclic amines) is 2. The molecule has 2 atom stereocenters. The molecule has 5 heterocycles. The molecule has 1 spiro atoms. The van der Waals surface area contributed by atoms with Crippen LogP contribution in [0, 0.1) is 12.3 Å². The Bertz CT molecular complexity index is 950. The van der Waals surface area contributed by atoms with Crippen molar-refractivity contribution in [2.45, 2.75) is 32.4 Å². The Morgan fingerprint density at radius 3 is 2.82 bits per heavy atom. The highest BCUT2D eigenvalue weighted by Gasteiger charge is 2.57. The highest BCUT2D eigenvalue weighted by molar-refractivity contribution is 7.10. The van der Waals surface area contributed by atoms with Gasteiger partial charge in [-0.2, -0.15) is 0 Å². The summed E-state index contributed by atoms with van der Waals surface area (Å²) in [5.41, 5.74) is 1.04. The second-order valence-electron chi connectivity index (χ2n) is 7.83. The van der Waals surface area contributed by atoms with E-state index < -0.39 is 0 Å². The first kappa shape index (κ1) is 18.5. The number of thiazole rings is 1. The average molecular weight is 430 g/mol. The smallest absolute Gasteiger partial charge is 0.231 e. The monoisotopic (exact) mass is 429 g/mol. The van der Waals surface area contributed by atoms with E-state index in [2.05, 4.69) is 50.7 Å². The molecule has 0 saturated carbocycles. The molecule has 7 heteroatoms. The van der Waals surface area contributed by atoms with Crippen LogP contribution in [0.1, 0.15) is 32.7 Å². The molecule has 5 rings (SSSR count). The molecule has 0 bridgehead atoms. The van der Waals surface area contributed by atoms with Crippen molar-refractivity contribution in [1.82, 2.24) is 14.8 Å². The minimum atomic E-state index is -0.319. The summed E-state index contributed by atoms with van der Waals surface area (Å²) in [6.07, 6.45) is 2.81. The lowest BCUT2D eigenvalue weighted by Crippen LogP contribution is -2.39. The second kappa shape index (κ2) is 7.37. The number of hydrogen-bond acceptors (Lipinski definition) is 6. The Balaban J connectivity index is 1.42. The fraction of sp³-hybridized carbons (Fsp3) is 0.429. The lowest BCUT2D eigenvalue weighted by atomic mass is 9.77. The molecule has 0 aromatic carbocycles. The molecule has 4 nitrogen and oxygen atoms in total. The molecular formula is C21H23N3OS3. The summed E-state index contributed by atoms with van der Waals surface area (Å²) >= 11 is 5.25. The summed E-state index contributed by atoms with van der Waals surface area (Å²) in [5.74, 6) is 0.528. The SMILES string of the molecule is Cc1ccsc1CN1C[C@@H](c2nccs2)[C@@]2(CCN(Cc3cccs3)C2=O)C1. The van der Waals surface area contributed by atoms with Crippen molar-refractivity contribution >= 4 is 39.9 Å². The number of carbonyl (C=O) groups is 1. The van der Waals surface area contributed by atoms with Gasteiger partial charge in [-0.25, -0.2) is 4.98 Å². The summed E-state index contributed by atoms with van der Waals surface area (Å²) in [6, 6.07) is 6.38. The van der Waals surface area contributed by atoms with E-state index in [0.29, 0.717) is 5.91 Å². The van der Waals surface area contributed by atoms with Gasteiger partial charge in [0.05, 0.1) is 17.0 Å². The molecule has 28 heavy (non-hydrogen) atoms. The first-order valence-corrected chi connectivity index (χ1v) is 12.3. The van der Waals surface area contributed by atoms with Gasteiger partial charge in [0, 0.05) is 53.4 Å². The van der Waals surface area contributed by atoms with Crippen LogP contribution in [0.2, 0.25) is 0 Å². The molecule has 146 valence electrons. The van der Waals surface area contributed by atoms with Crippen molar-refractivity contribution in [3.8, 4) is 0 Å². The topological polar surface area (TPSA) is 36.4 Å². The summed E-state index contributed by atoms with van der Waals surface area (Å²) in [6.45, 7) is 6.47. The van der Waals surface area contributed by atoms with E-state index in [1.54, 1.807) is 22.7 Å². The van der Waals surface area contributed by atoms with Gasteiger partial charge in [0.2, 0.25) is 5.91 Å². The fourth-order valence-electron chi connectivity index (χ4n) is 4.69. The molecule has 0 radical (unpaired) electrons. The van der Waals surface area contributed by atoms with Gasteiger partial charge in [0.1, 0.15) is 0 Å². The van der Waals surface area contributed by atoms with Crippen molar-refractivity contribution in [3.63, 3.8) is 0 Å². The normalized spacial score (nSPS) is 25.4. The van der Waals surface area contributed by atoms with E-state index in [1.807, 2.05) is 22.9 Å². The molecule has 3 aromatic rings. The lowest BCUT2D eigenvalue weighted by Gasteiger charge is -2.27. The van der Waals surface area contributed by atoms with Crippen LogP contribution in [0.25, 0.3) is 0 Å². The standard InChI is InChI=1S/C21H23N3OS3/c1-15-4-9-27-18(15)13-23-12-17(19-22-6-10-28-19)21(14-23)5-7-24(20(21)25)11-16-3-2-8-26-16/h2-4,6,8-10,17H,5,7,11-14H2,1H3/t17-,21+/m0/s1. The number of aryl methyl sites for hydroxylation is 1. The lowest BCUT2D eigenvalue weighted by molar-refractivity contribution is -0.136. The molecule has 3 aromatic heterocycles. The molecule has 2 fully saturated rings. The molecule has 2 aliphatic heterocycles. The Labute approximate surface area is 177 Å². The van der Waals surface area contributed by atoms with E-state index in [9.17, 15) is 4.79 Å². The van der Waals surface area contributed by atoms with Gasteiger partial charge in [0.25, 0.3) is 0 Å². The third-order valence-corrected chi connectivity index (χ3v) is 8.92. The second-order valence-corrected chi connectivity index (χ2v) is 10.8. The van der Waals surface area contributed by atoms with Crippen LogP contribution in [-0.4, -0.2) is 40.3 Å². The summed E-state index contributed by atoms with van der Waals surface area (Å²) in [4.78, 5) is 25.5. The van der Waals surface area contributed by atoms with E-state index in [0.717, 1.165) is 44.2 Å². The van der Waals surface area contributed by atoms with Crippen LogP contribution >= 0.6 is 34.0 Å². The number of hydrogen-bond donors (Lipinski definition) is 0. The minimum Gasteiger partial charge on any atom is -0.337 e. The van der Waals surface area contributed by atoms with E-state index >= 15 is 0 Å². The quantitative estimate of drug-likeness (QED) is 0.595. The van der Waals surface area contributed by atoms with Crippen molar-refractivity contribution in [3.05, 3.63) is 60.9 Å². The average Bonchev–Trinajstić information content (AvgIpc) is 3.48. The Morgan fingerprint density at radius 2 is 2.11 bits per heavy atom. The number of amides is 1. The molecule has 0 unspecified atom stereocenters. The summed E-state index contributed by atoms with van der Waals surface area (Å²) in [7, 11) is 0. The van der Waals surface area contributed by atoms with Gasteiger partial charge in [0.15, 0.2) is 0 Å². The van der Waals surface area contributed by atoms with E-state index in [4.69, 9.17) is 0 Å². The number of nitrogens with zero attached hydrogens (tertiary/aromatic N) is 3. The zero-order valence-electron chi connectivity index (χ0n) is 15.8. The predicted octanol–water partition coefficient (Wildman–Crippen LogP) is 4.59. The molecular weight excluding hydrogens is 406 g/mol. The van der Waals surface area contributed by atoms with Crippen molar-refractivity contribution in [2.75, 3.05) is 19.6 Å². The zero-order valence-corrected chi connectivity index (χ0v) is 18.3. The van der Waals surface area contributed by atoms with Gasteiger partial charge in [-0.1, -0.05) is 6.07 Å². The van der Waals surface area contributed by atoms with Gasteiger partial charge >= 0.3 is 0 Å². The van der Waals surface area contributed by atoms with Gasteiger partial charge < -0.3 is 4.90 Å². The summed E-state index contributed by atoms with van der Waals surface area (Å²) < 4.78 is 0. The maximum absolute atomic E-state index is 13.7. The van der Waals surface area contributed by atoms with Crippen LogP contribution in [0.15, 0.2) is 40.5 Å². The number of thiophene rings is 2. The Morgan fingerprint density at radius 1 is 1.18 bits per heavy atom. The molecule has 2 saturated heterocycles. The molecule has 1 amide bonds. The molecule has 0 N–H and O–H groups in total. The van der Waals surface area contributed by atoms with Crippen LogP contribution in [0.5, 0.6) is 0 Å². The Hall–Kier alpha value is -1.54. The first-order chi connectivity index (χ1) is 13.7. The largest absolute Gasteiger partial charge is 0.337 e. The third kappa shape index (κ3) is 3.14. The van der Waals surface area contributed by atoms with Crippen LogP contribution in [-0.2, 0) is 17.9 Å².